The Bertz CT molecular complexity index is 482. The van der Waals surface area contributed by atoms with Crippen molar-refractivity contribution in [3.63, 3.8) is 0 Å². The molecular weight excluding hydrogens is 315 g/mol. The predicted octanol–water partition coefficient (Wildman–Crippen LogP) is 2.78. The maximum Gasteiger partial charge on any atom is 0.441 e. The normalized spacial score (nSPS) is 12.7. The quantitative estimate of drug-likeness (QED) is 0.247. The van der Waals surface area contributed by atoms with Crippen LogP contribution in [0, 0.1) is 0 Å². The number of nitrogens with two attached hydrogens (primary N) is 1. The SMILES string of the molecule is N/C(=N/O)c1ccc(CNCCSC(F)(F)F)c(Cl)c1. The molecule has 0 spiro atoms. The average molecular weight is 328 g/mol. The van der Waals surface area contributed by atoms with E-state index in [2.05, 4.69) is 10.5 Å². The Morgan fingerprint density at radius 3 is 2.70 bits per heavy atom. The molecule has 0 radical (unpaired) electrons. The molecule has 0 unspecified atom stereocenters. The van der Waals surface area contributed by atoms with Crippen LogP contribution in [0.4, 0.5) is 13.2 Å². The minimum atomic E-state index is -4.21. The number of nitrogens with zero attached hydrogens (tertiary/aromatic N) is 1. The first-order valence-corrected chi connectivity index (χ1v) is 6.87. The van der Waals surface area contributed by atoms with Crippen LogP contribution < -0.4 is 11.1 Å². The highest BCUT2D eigenvalue weighted by atomic mass is 35.5. The van der Waals surface area contributed by atoms with Crippen LogP contribution in [-0.2, 0) is 6.54 Å². The van der Waals surface area contributed by atoms with Crippen molar-refractivity contribution in [1.29, 1.82) is 0 Å². The number of nitrogens with one attached hydrogen (secondary N) is 1. The van der Waals surface area contributed by atoms with Gasteiger partial charge in [0, 0.05) is 29.4 Å². The van der Waals surface area contributed by atoms with Crippen LogP contribution >= 0.6 is 23.4 Å². The lowest BCUT2D eigenvalue weighted by atomic mass is 10.1. The van der Waals surface area contributed by atoms with Crippen LogP contribution in [0.5, 0.6) is 0 Å². The van der Waals surface area contributed by atoms with E-state index in [-0.39, 0.29) is 29.9 Å². The zero-order chi connectivity index (χ0) is 15.2. The average Bonchev–Trinajstić information content (AvgIpc) is 2.37. The fourth-order valence-corrected chi connectivity index (χ4v) is 2.09. The van der Waals surface area contributed by atoms with Crippen molar-refractivity contribution in [2.75, 3.05) is 12.3 Å². The van der Waals surface area contributed by atoms with E-state index in [0.29, 0.717) is 17.1 Å². The zero-order valence-electron chi connectivity index (χ0n) is 10.2. The molecule has 0 aliphatic heterocycles. The predicted molar refractivity (Wildman–Crippen MR) is 74.2 cm³/mol. The van der Waals surface area contributed by atoms with Gasteiger partial charge in [-0.05, 0) is 23.4 Å². The molecule has 0 saturated carbocycles. The number of rotatable bonds is 6. The van der Waals surface area contributed by atoms with Crippen molar-refractivity contribution in [3.05, 3.63) is 34.3 Å². The van der Waals surface area contributed by atoms with Crippen LogP contribution in [0.15, 0.2) is 23.4 Å². The molecule has 112 valence electrons. The van der Waals surface area contributed by atoms with Crippen molar-refractivity contribution in [2.45, 2.75) is 12.1 Å². The summed E-state index contributed by atoms with van der Waals surface area (Å²) >= 11 is 5.93. The smallest absolute Gasteiger partial charge is 0.409 e. The maximum atomic E-state index is 11.9. The van der Waals surface area contributed by atoms with Crippen molar-refractivity contribution in [3.8, 4) is 0 Å². The molecule has 1 aromatic carbocycles. The Labute approximate surface area is 123 Å². The highest BCUT2D eigenvalue weighted by Gasteiger charge is 2.27. The first kappa shape index (κ1) is 16.9. The summed E-state index contributed by atoms with van der Waals surface area (Å²) < 4.78 is 35.7. The standard InChI is InChI=1S/C11H13ClF3N3OS/c12-9-5-7(10(16)18-19)1-2-8(9)6-17-3-4-20-11(13,14)15/h1-2,5,17,19H,3-4,6H2,(H2,16,18). The molecule has 0 fully saturated rings. The van der Waals surface area contributed by atoms with E-state index < -0.39 is 5.51 Å². The van der Waals surface area contributed by atoms with Gasteiger partial charge in [0.15, 0.2) is 5.84 Å². The van der Waals surface area contributed by atoms with E-state index in [4.69, 9.17) is 22.5 Å². The van der Waals surface area contributed by atoms with Gasteiger partial charge in [0.2, 0.25) is 0 Å². The number of amidine groups is 1. The first-order chi connectivity index (χ1) is 9.33. The highest BCUT2D eigenvalue weighted by molar-refractivity contribution is 8.00. The minimum absolute atomic E-state index is 0.0620. The van der Waals surface area contributed by atoms with Gasteiger partial charge in [-0.3, -0.25) is 0 Å². The van der Waals surface area contributed by atoms with E-state index in [1.165, 1.54) is 6.07 Å². The second kappa shape index (κ2) is 7.61. The van der Waals surface area contributed by atoms with Crippen LogP contribution in [0.2, 0.25) is 5.02 Å². The van der Waals surface area contributed by atoms with Gasteiger partial charge >= 0.3 is 5.51 Å². The van der Waals surface area contributed by atoms with Gasteiger partial charge in [0.1, 0.15) is 0 Å². The third-order valence-electron chi connectivity index (χ3n) is 2.32. The lowest BCUT2D eigenvalue weighted by molar-refractivity contribution is -0.0327. The Kier molecular flexibility index (Phi) is 6.44. The summed E-state index contributed by atoms with van der Waals surface area (Å²) in [7, 11) is 0. The molecule has 1 rings (SSSR count). The van der Waals surface area contributed by atoms with Crippen molar-refractivity contribution < 1.29 is 18.4 Å². The van der Waals surface area contributed by atoms with E-state index in [1.807, 2.05) is 0 Å². The summed E-state index contributed by atoms with van der Waals surface area (Å²) in [5.41, 5.74) is 2.39. The summed E-state index contributed by atoms with van der Waals surface area (Å²) in [6.45, 7) is 0.552. The molecule has 1 aromatic rings. The molecule has 20 heavy (non-hydrogen) atoms. The van der Waals surface area contributed by atoms with Gasteiger partial charge in [0.05, 0.1) is 0 Å². The molecule has 0 atom stereocenters. The number of thioether (sulfide) groups is 1. The van der Waals surface area contributed by atoms with Gasteiger partial charge in [0.25, 0.3) is 0 Å². The van der Waals surface area contributed by atoms with E-state index in [0.717, 1.165) is 5.56 Å². The molecule has 0 aromatic heterocycles. The molecule has 0 aliphatic rings. The number of halogens is 4. The van der Waals surface area contributed by atoms with Crippen LogP contribution in [0.1, 0.15) is 11.1 Å². The van der Waals surface area contributed by atoms with Gasteiger partial charge in [-0.1, -0.05) is 28.9 Å². The summed E-state index contributed by atoms with van der Waals surface area (Å²) in [4.78, 5) is 0. The summed E-state index contributed by atoms with van der Waals surface area (Å²) in [6.07, 6.45) is 0. The van der Waals surface area contributed by atoms with Crippen molar-refractivity contribution >= 4 is 29.2 Å². The summed E-state index contributed by atoms with van der Waals surface area (Å²) in [5, 5.41) is 14.6. The van der Waals surface area contributed by atoms with Gasteiger partial charge in [-0.2, -0.15) is 13.2 Å². The number of oxime groups is 1. The molecule has 0 heterocycles. The number of hydrogen-bond acceptors (Lipinski definition) is 4. The molecule has 9 heteroatoms. The first-order valence-electron chi connectivity index (χ1n) is 5.51. The molecule has 4 nitrogen and oxygen atoms in total. The monoisotopic (exact) mass is 327 g/mol. The Balaban J connectivity index is 2.45. The Hall–Kier alpha value is -1.12. The summed E-state index contributed by atoms with van der Waals surface area (Å²) in [6, 6.07) is 4.81. The molecular formula is C11H13ClF3N3OS. The molecule has 0 amide bonds. The topological polar surface area (TPSA) is 70.6 Å². The third-order valence-corrected chi connectivity index (χ3v) is 3.40. The second-order valence-electron chi connectivity index (χ2n) is 3.76. The number of alkyl halides is 3. The van der Waals surface area contributed by atoms with Crippen molar-refractivity contribution in [2.24, 2.45) is 10.9 Å². The molecule has 4 N–H and O–H groups in total. The fraction of sp³-hybridized carbons (Fsp3) is 0.364. The lowest BCUT2D eigenvalue weighted by Crippen LogP contribution is -2.19. The van der Waals surface area contributed by atoms with Crippen LogP contribution in [0.3, 0.4) is 0 Å². The summed E-state index contributed by atoms with van der Waals surface area (Å²) in [5.74, 6) is -0.128. The minimum Gasteiger partial charge on any atom is -0.409 e. The second-order valence-corrected chi connectivity index (χ2v) is 5.33. The zero-order valence-corrected chi connectivity index (χ0v) is 11.8. The van der Waals surface area contributed by atoms with E-state index >= 15 is 0 Å². The fourth-order valence-electron chi connectivity index (χ4n) is 1.37. The van der Waals surface area contributed by atoms with Crippen molar-refractivity contribution in [1.82, 2.24) is 5.32 Å². The molecule has 0 aliphatic carbocycles. The number of hydrogen-bond donors (Lipinski definition) is 3. The third kappa shape index (κ3) is 5.89. The molecule has 0 saturated heterocycles. The van der Waals surface area contributed by atoms with Crippen LogP contribution in [-0.4, -0.2) is 28.8 Å². The van der Waals surface area contributed by atoms with Crippen LogP contribution in [0.25, 0.3) is 0 Å². The largest absolute Gasteiger partial charge is 0.441 e. The van der Waals surface area contributed by atoms with E-state index in [1.54, 1.807) is 12.1 Å². The van der Waals surface area contributed by atoms with Gasteiger partial charge in [-0.25, -0.2) is 0 Å². The lowest BCUT2D eigenvalue weighted by Gasteiger charge is -2.09. The van der Waals surface area contributed by atoms with Gasteiger partial charge in [-0.15, -0.1) is 0 Å². The molecule has 0 bridgehead atoms. The highest BCUT2D eigenvalue weighted by Crippen LogP contribution is 2.29. The number of benzene rings is 1. The van der Waals surface area contributed by atoms with E-state index in [9.17, 15) is 13.2 Å². The Morgan fingerprint density at radius 1 is 1.45 bits per heavy atom. The van der Waals surface area contributed by atoms with Gasteiger partial charge < -0.3 is 16.3 Å². The Morgan fingerprint density at radius 2 is 2.15 bits per heavy atom. The maximum absolute atomic E-state index is 11.9.